The third-order valence-electron chi connectivity index (χ3n) is 3.18. The SMILES string of the molecule is O=C(O)c1cc(F)ccc1NC(=O)C1CCNCC1. The van der Waals surface area contributed by atoms with Crippen LogP contribution in [0.4, 0.5) is 10.1 Å². The quantitative estimate of drug-likeness (QED) is 0.774. The normalized spacial score (nSPS) is 16.1. The van der Waals surface area contributed by atoms with Crippen molar-refractivity contribution < 1.29 is 19.1 Å². The van der Waals surface area contributed by atoms with Gasteiger partial charge < -0.3 is 15.7 Å². The fourth-order valence-corrected chi connectivity index (χ4v) is 2.12. The standard InChI is InChI=1S/C13H15FN2O3/c14-9-1-2-11(10(7-9)13(18)19)16-12(17)8-3-5-15-6-4-8/h1-2,7-8,15H,3-6H2,(H,16,17)(H,18,19). The van der Waals surface area contributed by atoms with Crippen molar-refractivity contribution in [2.24, 2.45) is 5.92 Å². The number of benzene rings is 1. The lowest BCUT2D eigenvalue weighted by Crippen LogP contribution is -2.34. The molecule has 0 aromatic heterocycles. The number of aromatic carboxylic acids is 1. The zero-order valence-corrected chi connectivity index (χ0v) is 10.3. The summed E-state index contributed by atoms with van der Waals surface area (Å²) in [6.07, 6.45) is 1.44. The second kappa shape index (κ2) is 5.79. The summed E-state index contributed by atoms with van der Waals surface area (Å²) in [5.41, 5.74) is -0.0975. The molecule has 0 radical (unpaired) electrons. The van der Waals surface area contributed by atoms with E-state index in [1.807, 2.05) is 0 Å². The molecule has 0 atom stereocenters. The zero-order chi connectivity index (χ0) is 13.8. The van der Waals surface area contributed by atoms with Crippen molar-refractivity contribution in [1.29, 1.82) is 0 Å². The van der Waals surface area contributed by atoms with Crippen LogP contribution in [0.3, 0.4) is 0 Å². The minimum absolute atomic E-state index is 0.132. The molecular weight excluding hydrogens is 251 g/mol. The molecule has 1 aliphatic rings. The van der Waals surface area contributed by atoms with Gasteiger partial charge in [-0.3, -0.25) is 4.79 Å². The maximum atomic E-state index is 13.0. The van der Waals surface area contributed by atoms with E-state index in [4.69, 9.17) is 5.11 Å². The minimum atomic E-state index is -1.26. The second-order valence-electron chi connectivity index (χ2n) is 4.51. The van der Waals surface area contributed by atoms with Crippen LogP contribution in [-0.2, 0) is 4.79 Å². The van der Waals surface area contributed by atoms with E-state index in [1.54, 1.807) is 0 Å². The molecule has 0 aliphatic carbocycles. The fraction of sp³-hybridized carbons (Fsp3) is 0.385. The average Bonchev–Trinajstić information content (AvgIpc) is 2.41. The summed E-state index contributed by atoms with van der Waals surface area (Å²) in [7, 11) is 0. The van der Waals surface area contributed by atoms with Crippen LogP contribution < -0.4 is 10.6 Å². The van der Waals surface area contributed by atoms with Gasteiger partial charge in [-0.05, 0) is 44.1 Å². The van der Waals surface area contributed by atoms with Crippen LogP contribution in [0.2, 0.25) is 0 Å². The molecule has 0 saturated carbocycles. The van der Waals surface area contributed by atoms with Crippen LogP contribution in [0.5, 0.6) is 0 Å². The Kier molecular flexibility index (Phi) is 4.11. The second-order valence-corrected chi connectivity index (χ2v) is 4.51. The summed E-state index contributed by atoms with van der Waals surface area (Å²) in [5, 5.41) is 14.7. The number of piperidine rings is 1. The van der Waals surface area contributed by atoms with E-state index in [-0.39, 0.29) is 23.1 Å². The molecule has 5 nitrogen and oxygen atoms in total. The number of carboxylic acid groups (broad SMARTS) is 1. The van der Waals surface area contributed by atoms with Crippen LogP contribution in [0.25, 0.3) is 0 Å². The number of carboxylic acids is 1. The summed E-state index contributed by atoms with van der Waals surface area (Å²) >= 11 is 0. The van der Waals surface area contributed by atoms with Gasteiger partial charge in [-0.15, -0.1) is 0 Å². The Morgan fingerprint density at radius 1 is 1.32 bits per heavy atom. The fourth-order valence-electron chi connectivity index (χ4n) is 2.12. The highest BCUT2D eigenvalue weighted by Gasteiger charge is 2.22. The number of rotatable bonds is 3. The van der Waals surface area contributed by atoms with E-state index in [0.29, 0.717) is 0 Å². The largest absolute Gasteiger partial charge is 0.478 e. The molecule has 1 aromatic rings. The minimum Gasteiger partial charge on any atom is -0.478 e. The first-order valence-electron chi connectivity index (χ1n) is 6.12. The van der Waals surface area contributed by atoms with Crippen molar-refractivity contribution in [2.75, 3.05) is 18.4 Å². The number of amides is 1. The summed E-state index contributed by atoms with van der Waals surface area (Å²) in [4.78, 5) is 23.0. The molecule has 0 unspecified atom stereocenters. The van der Waals surface area contributed by atoms with E-state index in [0.717, 1.165) is 38.1 Å². The first-order valence-corrected chi connectivity index (χ1v) is 6.12. The van der Waals surface area contributed by atoms with Gasteiger partial charge in [0.25, 0.3) is 0 Å². The molecule has 0 spiro atoms. The molecule has 1 aliphatic heterocycles. The number of carbonyl (C=O) groups is 2. The maximum absolute atomic E-state index is 13.0. The van der Waals surface area contributed by atoms with Crippen LogP contribution >= 0.6 is 0 Å². The van der Waals surface area contributed by atoms with Crippen LogP contribution in [-0.4, -0.2) is 30.1 Å². The molecule has 6 heteroatoms. The lowest BCUT2D eigenvalue weighted by Gasteiger charge is -2.22. The number of hydrogen-bond acceptors (Lipinski definition) is 3. The van der Waals surface area contributed by atoms with Crippen molar-refractivity contribution in [3.05, 3.63) is 29.6 Å². The van der Waals surface area contributed by atoms with Crippen molar-refractivity contribution in [1.82, 2.24) is 5.32 Å². The Labute approximate surface area is 109 Å². The molecule has 1 amide bonds. The molecule has 0 bridgehead atoms. The maximum Gasteiger partial charge on any atom is 0.337 e. The summed E-state index contributed by atoms with van der Waals surface area (Å²) < 4.78 is 13.0. The molecule has 102 valence electrons. The predicted octanol–water partition coefficient (Wildman–Crippen LogP) is 1.46. The lowest BCUT2D eigenvalue weighted by atomic mass is 9.97. The van der Waals surface area contributed by atoms with Gasteiger partial charge in [-0.2, -0.15) is 0 Å². The van der Waals surface area contributed by atoms with Crippen LogP contribution in [0.15, 0.2) is 18.2 Å². The monoisotopic (exact) mass is 266 g/mol. The molecular formula is C13H15FN2O3. The summed E-state index contributed by atoms with van der Waals surface area (Å²) in [5.74, 6) is -2.25. The Hall–Kier alpha value is -1.95. The molecule has 1 saturated heterocycles. The molecule has 2 rings (SSSR count). The van der Waals surface area contributed by atoms with Gasteiger partial charge >= 0.3 is 5.97 Å². The van der Waals surface area contributed by atoms with E-state index in [1.165, 1.54) is 6.07 Å². The Bertz CT molecular complexity index is 499. The van der Waals surface area contributed by atoms with Gasteiger partial charge in [-0.25, -0.2) is 9.18 Å². The van der Waals surface area contributed by atoms with Gasteiger partial charge in [0.15, 0.2) is 0 Å². The highest BCUT2D eigenvalue weighted by molar-refractivity contribution is 6.01. The molecule has 1 fully saturated rings. The van der Waals surface area contributed by atoms with Crippen molar-refractivity contribution in [2.45, 2.75) is 12.8 Å². The lowest BCUT2D eigenvalue weighted by molar-refractivity contribution is -0.120. The number of nitrogens with one attached hydrogen (secondary N) is 2. The highest BCUT2D eigenvalue weighted by Crippen LogP contribution is 2.20. The van der Waals surface area contributed by atoms with Gasteiger partial charge in [0.05, 0.1) is 11.3 Å². The predicted molar refractivity (Wildman–Crippen MR) is 67.6 cm³/mol. The zero-order valence-electron chi connectivity index (χ0n) is 10.3. The Balaban J connectivity index is 2.13. The van der Waals surface area contributed by atoms with E-state index < -0.39 is 11.8 Å². The highest BCUT2D eigenvalue weighted by atomic mass is 19.1. The van der Waals surface area contributed by atoms with Gasteiger partial charge in [0, 0.05) is 5.92 Å². The van der Waals surface area contributed by atoms with E-state index >= 15 is 0 Å². The Morgan fingerprint density at radius 2 is 2.00 bits per heavy atom. The van der Waals surface area contributed by atoms with Crippen LogP contribution in [0.1, 0.15) is 23.2 Å². The molecule has 1 aromatic carbocycles. The van der Waals surface area contributed by atoms with E-state index in [2.05, 4.69) is 10.6 Å². The van der Waals surface area contributed by atoms with Gasteiger partial charge in [0.1, 0.15) is 5.82 Å². The Morgan fingerprint density at radius 3 is 2.63 bits per heavy atom. The molecule has 3 N–H and O–H groups in total. The summed E-state index contributed by atoms with van der Waals surface area (Å²) in [6.45, 7) is 1.54. The van der Waals surface area contributed by atoms with Crippen LogP contribution in [0, 0.1) is 11.7 Å². The molecule has 19 heavy (non-hydrogen) atoms. The van der Waals surface area contributed by atoms with Gasteiger partial charge in [-0.1, -0.05) is 0 Å². The number of hydrogen-bond donors (Lipinski definition) is 3. The third-order valence-corrected chi connectivity index (χ3v) is 3.18. The number of halogens is 1. The number of carbonyl (C=O) groups excluding carboxylic acids is 1. The first-order chi connectivity index (χ1) is 9.08. The van der Waals surface area contributed by atoms with E-state index in [9.17, 15) is 14.0 Å². The third kappa shape index (κ3) is 3.29. The smallest absolute Gasteiger partial charge is 0.337 e. The van der Waals surface area contributed by atoms with Crippen molar-refractivity contribution in [3.8, 4) is 0 Å². The van der Waals surface area contributed by atoms with Gasteiger partial charge in [0.2, 0.25) is 5.91 Å². The molecule has 1 heterocycles. The van der Waals surface area contributed by atoms with Crippen molar-refractivity contribution in [3.63, 3.8) is 0 Å². The summed E-state index contributed by atoms with van der Waals surface area (Å²) in [6, 6.07) is 3.31. The van der Waals surface area contributed by atoms with Crippen molar-refractivity contribution >= 4 is 17.6 Å². The number of anilines is 1. The first kappa shape index (κ1) is 13.5. The topological polar surface area (TPSA) is 78.4 Å². The average molecular weight is 266 g/mol.